The Morgan fingerprint density at radius 3 is 2.08 bits per heavy atom. The second-order valence-corrected chi connectivity index (χ2v) is 9.48. The Morgan fingerprint density at radius 2 is 1.47 bits per heavy atom. The van der Waals surface area contributed by atoms with Gasteiger partial charge in [0.05, 0.1) is 19.0 Å². The summed E-state index contributed by atoms with van der Waals surface area (Å²) in [5, 5.41) is 14.4. The van der Waals surface area contributed by atoms with Crippen LogP contribution in [-0.4, -0.2) is 98.9 Å². The Bertz CT molecular complexity index is 636. The fourth-order valence-electron chi connectivity index (χ4n) is 3.65. The van der Waals surface area contributed by atoms with Crippen LogP contribution in [0.25, 0.3) is 0 Å². The molecule has 0 fully saturated rings. The highest BCUT2D eigenvalue weighted by Crippen LogP contribution is 2.03. The van der Waals surface area contributed by atoms with Crippen LogP contribution in [0.15, 0.2) is 0 Å². The number of Topliss-reactive ketones (excluding diaryl/α,β-unsaturated/α-hetero) is 1. The Morgan fingerprint density at radius 1 is 0.806 bits per heavy atom. The van der Waals surface area contributed by atoms with Gasteiger partial charge in [-0.15, -0.1) is 0 Å². The molecule has 210 valence electrons. The van der Waals surface area contributed by atoms with Gasteiger partial charge in [0.2, 0.25) is 17.7 Å². The maximum atomic E-state index is 12.6. The minimum atomic E-state index is -0.824. The number of nitrogens with one attached hydrogen (secondary N) is 5. The van der Waals surface area contributed by atoms with Gasteiger partial charge in [0.15, 0.2) is 0 Å². The molecule has 0 saturated heterocycles. The van der Waals surface area contributed by atoms with Crippen molar-refractivity contribution in [3.05, 3.63) is 0 Å². The predicted octanol–water partition coefficient (Wildman–Crippen LogP) is -0.500. The molecule has 0 aliphatic heterocycles. The molecule has 0 unspecified atom stereocenters. The smallest absolute Gasteiger partial charge is 0.237 e. The number of amides is 3. The lowest BCUT2D eigenvalue weighted by molar-refractivity contribution is -0.129. The van der Waals surface area contributed by atoms with E-state index < -0.39 is 6.04 Å². The number of nitrogens with two attached hydrogens (primary N) is 1. The van der Waals surface area contributed by atoms with E-state index in [2.05, 4.69) is 59.2 Å². The highest BCUT2D eigenvalue weighted by atomic mass is 16.2. The van der Waals surface area contributed by atoms with Gasteiger partial charge in [-0.05, 0) is 34.1 Å². The minimum absolute atomic E-state index is 0.0695. The molecule has 11 heteroatoms. The van der Waals surface area contributed by atoms with Gasteiger partial charge >= 0.3 is 0 Å². The molecule has 0 aromatic heterocycles. The van der Waals surface area contributed by atoms with Gasteiger partial charge in [0.25, 0.3) is 0 Å². The van der Waals surface area contributed by atoms with E-state index in [0.717, 1.165) is 19.4 Å². The van der Waals surface area contributed by atoms with E-state index in [-0.39, 0.29) is 49.3 Å². The monoisotopic (exact) mass is 513 g/mol. The Labute approximate surface area is 217 Å². The molecule has 36 heavy (non-hydrogen) atoms. The third kappa shape index (κ3) is 17.4. The van der Waals surface area contributed by atoms with E-state index in [0.29, 0.717) is 51.4 Å². The third-order valence-electron chi connectivity index (χ3n) is 5.68. The molecular formula is C25H51N7O4. The van der Waals surface area contributed by atoms with Crippen molar-refractivity contribution >= 4 is 23.5 Å². The van der Waals surface area contributed by atoms with Gasteiger partial charge in [-0.1, -0.05) is 13.3 Å². The summed E-state index contributed by atoms with van der Waals surface area (Å²) >= 11 is 0. The number of ketones is 1. The van der Waals surface area contributed by atoms with E-state index in [1.807, 2.05) is 6.92 Å². The predicted molar refractivity (Wildman–Crippen MR) is 143 cm³/mol. The molecule has 0 rings (SSSR count). The van der Waals surface area contributed by atoms with Crippen LogP contribution < -0.4 is 32.3 Å². The molecular weight excluding hydrogens is 462 g/mol. The summed E-state index contributed by atoms with van der Waals surface area (Å²) in [6.07, 6.45) is 1.85. The summed E-state index contributed by atoms with van der Waals surface area (Å²) in [5.41, 5.74) is 5.41. The van der Waals surface area contributed by atoms with Crippen LogP contribution >= 0.6 is 0 Å². The standard InChI is InChI=1S/C25H51N7O4/c1-6-7-11-30-25(36)22(17-24(35)28-14-13-27-12-10-26)31-18-21(33)8-9-23(34)29-15-16-32(19(2)3)20(4)5/h19-20,22,27,31H,6-18,26H2,1-5H3,(H,28,35)(H,29,34)(H,30,36)/t22-/m0/s1. The summed E-state index contributed by atoms with van der Waals surface area (Å²) < 4.78 is 0. The van der Waals surface area contributed by atoms with Crippen molar-refractivity contribution in [2.24, 2.45) is 5.73 Å². The van der Waals surface area contributed by atoms with Gasteiger partial charge in [0.1, 0.15) is 5.78 Å². The average molecular weight is 514 g/mol. The van der Waals surface area contributed by atoms with E-state index in [1.54, 1.807) is 0 Å². The quantitative estimate of drug-likeness (QED) is 0.106. The normalized spacial score (nSPS) is 12.1. The summed E-state index contributed by atoms with van der Waals surface area (Å²) in [7, 11) is 0. The number of hydrogen-bond donors (Lipinski definition) is 6. The summed E-state index contributed by atoms with van der Waals surface area (Å²) in [6, 6.07) is -0.0529. The van der Waals surface area contributed by atoms with E-state index in [4.69, 9.17) is 5.73 Å². The zero-order chi connectivity index (χ0) is 27.3. The number of nitrogens with zero attached hydrogens (tertiary/aromatic N) is 1. The van der Waals surface area contributed by atoms with Crippen LogP contribution in [0.4, 0.5) is 0 Å². The molecule has 0 saturated carbocycles. The number of hydrogen-bond acceptors (Lipinski definition) is 8. The summed E-state index contributed by atoms with van der Waals surface area (Å²) in [4.78, 5) is 51.6. The summed E-state index contributed by atoms with van der Waals surface area (Å²) in [5.74, 6) is -0.956. The largest absolute Gasteiger partial charge is 0.355 e. The number of carbonyl (C=O) groups excluding carboxylic acids is 4. The Hall–Kier alpha value is -2.08. The number of carbonyl (C=O) groups is 4. The molecule has 0 bridgehead atoms. The topological polar surface area (TPSA) is 158 Å². The molecule has 0 heterocycles. The lowest BCUT2D eigenvalue weighted by Crippen LogP contribution is -2.49. The maximum Gasteiger partial charge on any atom is 0.237 e. The first-order valence-corrected chi connectivity index (χ1v) is 13.3. The first-order chi connectivity index (χ1) is 17.1. The molecule has 0 aliphatic carbocycles. The molecule has 3 amide bonds. The van der Waals surface area contributed by atoms with Crippen molar-refractivity contribution in [3.8, 4) is 0 Å². The van der Waals surface area contributed by atoms with E-state index >= 15 is 0 Å². The van der Waals surface area contributed by atoms with Crippen LogP contribution in [0.2, 0.25) is 0 Å². The number of rotatable bonds is 22. The van der Waals surface area contributed by atoms with Gasteiger partial charge in [-0.3, -0.25) is 29.4 Å². The van der Waals surface area contributed by atoms with Crippen molar-refractivity contribution < 1.29 is 19.2 Å². The first kappa shape index (κ1) is 33.9. The minimum Gasteiger partial charge on any atom is -0.355 e. The van der Waals surface area contributed by atoms with Crippen LogP contribution in [0, 0.1) is 0 Å². The van der Waals surface area contributed by atoms with Crippen molar-refractivity contribution in [1.29, 1.82) is 0 Å². The SMILES string of the molecule is CCCCNC(=O)[C@H](CC(=O)NCCNCCN)NCC(=O)CCC(=O)NCCN(C(C)C)C(C)C. The molecule has 11 nitrogen and oxygen atoms in total. The molecule has 1 atom stereocenters. The molecule has 0 aromatic rings. The molecule has 7 N–H and O–H groups in total. The van der Waals surface area contributed by atoms with Crippen molar-refractivity contribution in [1.82, 2.24) is 31.5 Å². The number of unbranched alkanes of at least 4 members (excludes halogenated alkanes) is 1. The fourth-order valence-corrected chi connectivity index (χ4v) is 3.65. The van der Waals surface area contributed by atoms with Crippen molar-refractivity contribution in [2.45, 2.75) is 84.8 Å². The molecule has 0 aliphatic rings. The van der Waals surface area contributed by atoms with E-state index in [9.17, 15) is 19.2 Å². The van der Waals surface area contributed by atoms with Crippen LogP contribution in [0.5, 0.6) is 0 Å². The van der Waals surface area contributed by atoms with Gasteiger partial charge in [-0.25, -0.2) is 0 Å². The lowest BCUT2D eigenvalue weighted by atomic mass is 10.1. The van der Waals surface area contributed by atoms with E-state index in [1.165, 1.54) is 0 Å². The van der Waals surface area contributed by atoms with Gasteiger partial charge in [0, 0.05) is 70.7 Å². The Kier molecular flexibility index (Phi) is 19.8. The second kappa shape index (κ2) is 21.0. The molecule has 0 aromatic carbocycles. The van der Waals surface area contributed by atoms with Crippen molar-refractivity contribution in [2.75, 3.05) is 52.4 Å². The Balaban J connectivity index is 4.52. The van der Waals surface area contributed by atoms with Crippen molar-refractivity contribution in [3.63, 3.8) is 0 Å². The van der Waals surface area contributed by atoms with Gasteiger partial charge in [-0.2, -0.15) is 0 Å². The highest BCUT2D eigenvalue weighted by Gasteiger charge is 2.22. The average Bonchev–Trinajstić information content (AvgIpc) is 2.82. The fraction of sp³-hybridized carbons (Fsp3) is 0.840. The molecule has 0 spiro atoms. The second-order valence-electron chi connectivity index (χ2n) is 9.48. The molecule has 0 radical (unpaired) electrons. The lowest BCUT2D eigenvalue weighted by Gasteiger charge is -2.30. The van der Waals surface area contributed by atoms with Crippen LogP contribution in [0.1, 0.15) is 66.7 Å². The van der Waals surface area contributed by atoms with Crippen LogP contribution in [0.3, 0.4) is 0 Å². The highest BCUT2D eigenvalue weighted by molar-refractivity contribution is 5.90. The first-order valence-electron chi connectivity index (χ1n) is 13.3. The third-order valence-corrected chi connectivity index (χ3v) is 5.68. The van der Waals surface area contributed by atoms with Gasteiger partial charge < -0.3 is 27.0 Å². The zero-order valence-corrected chi connectivity index (χ0v) is 23.1. The zero-order valence-electron chi connectivity index (χ0n) is 23.1. The van der Waals surface area contributed by atoms with Crippen LogP contribution in [-0.2, 0) is 19.2 Å². The maximum absolute atomic E-state index is 12.6. The summed E-state index contributed by atoms with van der Waals surface area (Å²) in [6.45, 7) is 14.4.